The van der Waals surface area contributed by atoms with Gasteiger partial charge in [-0.25, -0.2) is 4.79 Å². The fraction of sp³-hybridized carbons (Fsp3) is 0.524. The maximum Gasteiger partial charge on any atom is 0.332 e. The molecule has 1 saturated carbocycles. The van der Waals surface area contributed by atoms with Crippen molar-refractivity contribution in [3.63, 3.8) is 0 Å². The van der Waals surface area contributed by atoms with Crippen molar-refractivity contribution in [2.24, 2.45) is 5.92 Å². The smallest absolute Gasteiger partial charge is 0.332 e. The van der Waals surface area contributed by atoms with Gasteiger partial charge >= 0.3 is 5.97 Å². The van der Waals surface area contributed by atoms with Gasteiger partial charge in [-0.1, -0.05) is 23.7 Å². The summed E-state index contributed by atoms with van der Waals surface area (Å²) in [6.45, 7) is 2.91. The van der Waals surface area contributed by atoms with Crippen LogP contribution in [0.15, 0.2) is 36.3 Å². The van der Waals surface area contributed by atoms with E-state index in [1.54, 1.807) is 24.3 Å². The highest BCUT2D eigenvalue weighted by Crippen LogP contribution is 2.36. The van der Waals surface area contributed by atoms with Crippen LogP contribution in [-0.2, 0) is 28.5 Å². The second kappa shape index (κ2) is 10.6. The molecule has 3 unspecified atom stereocenters. The number of hydrogen-bond acceptors (Lipinski definition) is 7. The summed E-state index contributed by atoms with van der Waals surface area (Å²) in [6.07, 6.45) is 2.66. The lowest BCUT2D eigenvalue weighted by molar-refractivity contribution is -0.156. The number of allylic oxidation sites excluding steroid dienone is 1. The van der Waals surface area contributed by atoms with Crippen molar-refractivity contribution < 1.29 is 33.3 Å². The molecular weight excluding hydrogens is 400 g/mol. The van der Waals surface area contributed by atoms with E-state index in [0.717, 1.165) is 0 Å². The van der Waals surface area contributed by atoms with Crippen molar-refractivity contribution in [3.05, 3.63) is 41.3 Å². The molecule has 29 heavy (non-hydrogen) atoms. The molecule has 0 N–H and O–H groups in total. The van der Waals surface area contributed by atoms with E-state index in [0.29, 0.717) is 43.2 Å². The van der Waals surface area contributed by atoms with E-state index in [4.69, 9.17) is 35.3 Å². The lowest BCUT2D eigenvalue weighted by Crippen LogP contribution is -2.43. The third-order valence-corrected chi connectivity index (χ3v) is 5.17. The van der Waals surface area contributed by atoms with Crippen LogP contribution in [0.5, 0.6) is 5.75 Å². The van der Waals surface area contributed by atoms with Crippen LogP contribution in [0.1, 0.15) is 26.2 Å². The zero-order valence-corrected chi connectivity index (χ0v) is 17.1. The number of carbonyl (C=O) groups is 2. The first kappa shape index (κ1) is 21.6. The number of rotatable bonds is 9. The maximum atomic E-state index is 12.8. The summed E-state index contributed by atoms with van der Waals surface area (Å²) in [4.78, 5) is 24.5. The van der Waals surface area contributed by atoms with Gasteiger partial charge in [0.2, 0.25) is 11.5 Å². The zero-order valence-electron chi connectivity index (χ0n) is 16.3. The van der Waals surface area contributed by atoms with Gasteiger partial charge in [-0.2, -0.15) is 0 Å². The molecule has 8 heteroatoms. The fourth-order valence-electron chi connectivity index (χ4n) is 3.39. The predicted octanol–water partition coefficient (Wildman–Crippen LogP) is 3.29. The van der Waals surface area contributed by atoms with E-state index in [9.17, 15) is 9.59 Å². The highest BCUT2D eigenvalue weighted by molar-refractivity contribution is 6.32. The molecule has 0 amide bonds. The minimum Gasteiger partial charge on any atom is -0.493 e. The second-order valence-corrected chi connectivity index (χ2v) is 7.23. The molecule has 1 aromatic carbocycles. The molecule has 1 aliphatic carbocycles. The van der Waals surface area contributed by atoms with E-state index < -0.39 is 5.97 Å². The van der Waals surface area contributed by atoms with Crippen molar-refractivity contribution in [1.29, 1.82) is 0 Å². The van der Waals surface area contributed by atoms with Gasteiger partial charge in [0, 0.05) is 13.0 Å². The summed E-state index contributed by atoms with van der Waals surface area (Å²) in [5, 5.41) is 0.425. The van der Waals surface area contributed by atoms with Gasteiger partial charge in [-0.05, 0) is 31.9 Å². The SMILES string of the molecule is CCOCCOC(=O)COC1CCC2C(=O)C(Oc3ccccc3Cl)=COC2C1. The number of Topliss-reactive ketones (excluding diaryl/α,β-unsaturated/α-hetero) is 1. The van der Waals surface area contributed by atoms with E-state index >= 15 is 0 Å². The molecule has 0 radical (unpaired) electrons. The average molecular weight is 425 g/mol. The van der Waals surface area contributed by atoms with Gasteiger partial charge in [-0.15, -0.1) is 0 Å². The minimum absolute atomic E-state index is 0.102. The number of para-hydroxylation sites is 1. The van der Waals surface area contributed by atoms with Crippen LogP contribution in [0, 0.1) is 5.92 Å². The van der Waals surface area contributed by atoms with Crippen LogP contribution in [0.4, 0.5) is 0 Å². The van der Waals surface area contributed by atoms with Crippen molar-refractivity contribution in [2.45, 2.75) is 38.4 Å². The molecule has 1 heterocycles. The Morgan fingerprint density at radius 1 is 1.24 bits per heavy atom. The van der Waals surface area contributed by atoms with Gasteiger partial charge < -0.3 is 23.7 Å². The third kappa shape index (κ3) is 5.95. The van der Waals surface area contributed by atoms with Crippen LogP contribution in [0.2, 0.25) is 5.02 Å². The standard InChI is InChI=1S/C21H25ClO7/c1-2-25-9-10-26-20(23)13-27-14-7-8-15-18(11-14)28-12-19(21(15)24)29-17-6-4-3-5-16(17)22/h3-6,12,14-15,18H,2,7-11,13H2,1H3. The topological polar surface area (TPSA) is 80.3 Å². The Morgan fingerprint density at radius 3 is 2.86 bits per heavy atom. The molecule has 0 spiro atoms. The van der Waals surface area contributed by atoms with Crippen LogP contribution >= 0.6 is 11.6 Å². The van der Waals surface area contributed by atoms with Gasteiger partial charge in [-0.3, -0.25) is 4.79 Å². The zero-order chi connectivity index (χ0) is 20.6. The average Bonchev–Trinajstić information content (AvgIpc) is 2.73. The molecule has 3 atom stereocenters. The quantitative estimate of drug-likeness (QED) is 0.444. The van der Waals surface area contributed by atoms with Crippen LogP contribution in [0.25, 0.3) is 0 Å². The Balaban J connectivity index is 1.47. The minimum atomic E-state index is -0.428. The summed E-state index contributed by atoms with van der Waals surface area (Å²) < 4.78 is 27.2. The van der Waals surface area contributed by atoms with Crippen molar-refractivity contribution in [3.8, 4) is 5.75 Å². The Bertz CT molecular complexity index is 748. The molecule has 3 rings (SSSR count). The van der Waals surface area contributed by atoms with Gasteiger partial charge in [0.25, 0.3) is 0 Å². The summed E-state index contributed by atoms with van der Waals surface area (Å²) in [7, 11) is 0. The highest BCUT2D eigenvalue weighted by atomic mass is 35.5. The second-order valence-electron chi connectivity index (χ2n) is 6.82. The van der Waals surface area contributed by atoms with Crippen molar-refractivity contribution >= 4 is 23.4 Å². The number of ketones is 1. The normalized spacial score (nSPS) is 23.6. The van der Waals surface area contributed by atoms with Crippen LogP contribution in [-0.4, -0.2) is 50.4 Å². The lowest BCUT2D eigenvalue weighted by Gasteiger charge is -2.37. The molecule has 0 saturated heterocycles. The van der Waals surface area contributed by atoms with E-state index in [2.05, 4.69) is 0 Å². The lowest BCUT2D eigenvalue weighted by atomic mass is 9.80. The molecule has 0 bridgehead atoms. The largest absolute Gasteiger partial charge is 0.493 e. The van der Waals surface area contributed by atoms with Gasteiger partial charge in [0.1, 0.15) is 31.3 Å². The molecular formula is C21H25ClO7. The number of halogens is 1. The highest BCUT2D eigenvalue weighted by Gasteiger charge is 2.41. The van der Waals surface area contributed by atoms with E-state index in [-0.39, 0.29) is 42.9 Å². The number of benzene rings is 1. The number of carbonyl (C=O) groups excluding carboxylic acids is 2. The predicted molar refractivity (Wildman–Crippen MR) is 105 cm³/mol. The van der Waals surface area contributed by atoms with Crippen LogP contribution < -0.4 is 4.74 Å². The number of esters is 1. The van der Waals surface area contributed by atoms with Crippen molar-refractivity contribution in [2.75, 3.05) is 26.4 Å². The van der Waals surface area contributed by atoms with Crippen molar-refractivity contribution in [1.82, 2.24) is 0 Å². The molecule has 1 fully saturated rings. The first-order valence-corrected chi connectivity index (χ1v) is 10.1. The summed E-state index contributed by atoms with van der Waals surface area (Å²) >= 11 is 6.09. The Labute approximate surface area is 174 Å². The van der Waals surface area contributed by atoms with E-state index in [1.807, 2.05) is 6.92 Å². The molecule has 1 aliphatic heterocycles. The number of fused-ring (bicyclic) bond motifs is 1. The Hall–Kier alpha value is -2.09. The first-order chi connectivity index (χ1) is 14.1. The molecule has 158 valence electrons. The summed E-state index contributed by atoms with van der Waals surface area (Å²) in [5.41, 5.74) is 0. The Kier molecular flexibility index (Phi) is 7.91. The summed E-state index contributed by atoms with van der Waals surface area (Å²) in [6, 6.07) is 6.96. The fourth-order valence-corrected chi connectivity index (χ4v) is 3.57. The van der Waals surface area contributed by atoms with Gasteiger partial charge in [0.05, 0.1) is 23.7 Å². The van der Waals surface area contributed by atoms with Gasteiger partial charge in [0.15, 0.2) is 0 Å². The first-order valence-electron chi connectivity index (χ1n) is 9.75. The molecule has 7 nitrogen and oxygen atoms in total. The van der Waals surface area contributed by atoms with E-state index in [1.165, 1.54) is 6.26 Å². The molecule has 0 aromatic heterocycles. The Morgan fingerprint density at radius 2 is 2.07 bits per heavy atom. The monoisotopic (exact) mass is 424 g/mol. The van der Waals surface area contributed by atoms with Crippen LogP contribution in [0.3, 0.4) is 0 Å². The third-order valence-electron chi connectivity index (χ3n) is 4.86. The number of hydrogen-bond donors (Lipinski definition) is 0. The number of ether oxygens (including phenoxy) is 5. The molecule has 2 aliphatic rings. The molecule has 1 aromatic rings. The summed E-state index contributed by atoms with van der Waals surface area (Å²) in [5.74, 6) is -0.263. The maximum absolute atomic E-state index is 12.8.